The molecule has 4 rings (SSSR count). The summed E-state index contributed by atoms with van der Waals surface area (Å²) < 4.78 is 1.67. The number of hydrogen-bond acceptors (Lipinski definition) is 2. The van der Waals surface area contributed by atoms with E-state index in [1.54, 1.807) is 4.57 Å². The van der Waals surface area contributed by atoms with E-state index in [-0.39, 0.29) is 5.56 Å². The lowest BCUT2D eigenvalue weighted by Crippen LogP contribution is -2.22. The van der Waals surface area contributed by atoms with Gasteiger partial charge in [0.15, 0.2) is 0 Å². The molecular weight excluding hydrogens is 332 g/mol. The van der Waals surface area contributed by atoms with Gasteiger partial charge in [-0.15, -0.1) is 0 Å². The maximum absolute atomic E-state index is 13.2. The van der Waals surface area contributed by atoms with Crippen LogP contribution >= 0.6 is 0 Å². The molecule has 0 N–H and O–H groups in total. The molecule has 0 unspecified atom stereocenters. The van der Waals surface area contributed by atoms with Crippen LogP contribution < -0.4 is 5.56 Å². The van der Waals surface area contributed by atoms with Crippen molar-refractivity contribution in [2.45, 2.75) is 13.8 Å². The van der Waals surface area contributed by atoms with Crippen LogP contribution in [-0.4, -0.2) is 9.55 Å². The highest BCUT2D eigenvalue weighted by atomic mass is 16.1. The third-order valence-electron chi connectivity index (χ3n) is 4.87. The molecule has 0 amide bonds. The first kappa shape index (κ1) is 17.0. The Labute approximate surface area is 158 Å². The van der Waals surface area contributed by atoms with Crippen molar-refractivity contribution in [1.82, 2.24) is 9.55 Å². The van der Waals surface area contributed by atoms with E-state index in [2.05, 4.69) is 26.0 Å². The van der Waals surface area contributed by atoms with Gasteiger partial charge in [0, 0.05) is 0 Å². The molecule has 3 aromatic carbocycles. The van der Waals surface area contributed by atoms with Gasteiger partial charge in [0.25, 0.3) is 5.56 Å². The second kappa shape index (κ2) is 7.04. The summed E-state index contributed by atoms with van der Waals surface area (Å²) in [5.41, 5.74) is 5.04. The second-order valence-electron chi connectivity index (χ2n) is 6.59. The van der Waals surface area contributed by atoms with E-state index in [1.807, 2.05) is 72.8 Å². The summed E-state index contributed by atoms with van der Waals surface area (Å²) in [6.07, 6.45) is 3.95. The largest absolute Gasteiger partial charge is 0.268 e. The first-order valence-corrected chi connectivity index (χ1v) is 8.96. The van der Waals surface area contributed by atoms with E-state index >= 15 is 0 Å². The number of aromatic nitrogens is 2. The number of hydrogen-bond donors (Lipinski definition) is 0. The Bertz CT molecular complexity index is 1200. The van der Waals surface area contributed by atoms with Crippen molar-refractivity contribution < 1.29 is 0 Å². The van der Waals surface area contributed by atoms with Gasteiger partial charge in [0.05, 0.1) is 16.6 Å². The van der Waals surface area contributed by atoms with Crippen LogP contribution in [-0.2, 0) is 0 Å². The number of benzene rings is 3. The van der Waals surface area contributed by atoms with Gasteiger partial charge in [-0.3, -0.25) is 9.36 Å². The van der Waals surface area contributed by atoms with Gasteiger partial charge in [0.1, 0.15) is 5.82 Å². The lowest BCUT2D eigenvalue weighted by molar-refractivity contribution is 0.944. The molecule has 0 aliphatic rings. The Kier molecular flexibility index (Phi) is 4.43. The van der Waals surface area contributed by atoms with Crippen LogP contribution in [0, 0.1) is 13.8 Å². The molecule has 27 heavy (non-hydrogen) atoms. The predicted molar refractivity (Wildman–Crippen MR) is 112 cm³/mol. The monoisotopic (exact) mass is 352 g/mol. The minimum atomic E-state index is -0.0626. The number of aryl methyl sites for hydroxylation is 1. The molecule has 1 aromatic heterocycles. The zero-order valence-corrected chi connectivity index (χ0v) is 15.4. The maximum atomic E-state index is 13.2. The Morgan fingerprint density at radius 2 is 1.56 bits per heavy atom. The second-order valence-corrected chi connectivity index (χ2v) is 6.59. The highest BCUT2D eigenvalue weighted by Gasteiger charge is 2.10. The predicted octanol–water partition coefficient (Wildman–Crippen LogP) is 5.17. The van der Waals surface area contributed by atoms with Gasteiger partial charge in [-0.05, 0) is 60.9 Å². The summed E-state index contributed by atoms with van der Waals surface area (Å²) in [4.78, 5) is 17.9. The fraction of sp³-hybridized carbons (Fsp3) is 0.0833. The highest BCUT2D eigenvalue weighted by Crippen LogP contribution is 2.18. The molecule has 0 fully saturated rings. The first-order valence-electron chi connectivity index (χ1n) is 8.96. The molecule has 0 spiro atoms. The molecule has 0 bridgehead atoms. The summed E-state index contributed by atoms with van der Waals surface area (Å²) in [5.74, 6) is 0.616. The quantitative estimate of drug-likeness (QED) is 0.510. The number of para-hydroxylation sites is 2. The first-order chi connectivity index (χ1) is 13.1. The van der Waals surface area contributed by atoms with Crippen molar-refractivity contribution in [2.24, 2.45) is 0 Å². The minimum Gasteiger partial charge on any atom is -0.268 e. The van der Waals surface area contributed by atoms with Crippen LogP contribution in [0.5, 0.6) is 0 Å². The Balaban J connectivity index is 1.95. The van der Waals surface area contributed by atoms with E-state index in [4.69, 9.17) is 4.98 Å². The lowest BCUT2D eigenvalue weighted by Gasteiger charge is -2.11. The fourth-order valence-corrected chi connectivity index (χ4v) is 3.21. The van der Waals surface area contributed by atoms with Crippen molar-refractivity contribution in [3.05, 3.63) is 106 Å². The van der Waals surface area contributed by atoms with Gasteiger partial charge in [-0.25, -0.2) is 4.98 Å². The molecule has 0 atom stereocenters. The van der Waals surface area contributed by atoms with Crippen molar-refractivity contribution >= 4 is 23.1 Å². The Hall–Kier alpha value is -3.46. The molecule has 132 valence electrons. The van der Waals surface area contributed by atoms with Gasteiger partial charge >= 0.3 is 0 Å². The number of rotatable bonds is 3. The van der Waals surface area contributed by atoms with Crippen LogP contribution in [0.4, 0.5) is 0 Å². The van der Waals surface area contributed by atoms with Crippen LogP contribution in [0.1, 0.15) is 22.5 Å². The Morgan fingerprint density at radius 3 is 2.37 bits per heavy atom. The SMILES string of the molecule is Cc1cccc(/C=C/c2nc3ccccc3c(=O)n2-c2ccccc2)c1C. The molecule has 0 saturated carbocycles. The summed E-state index contributed by atoms with van der Waals surface area (Å²) >= 11 is 0. The molecule has 0 aliphatic carbocycles. The van der Waals surface area contributed by atoms with Gasteiger partial charge in [-0.1, -0.05) is 54.6 Å². The topological polar surface area (TPSA) is 34.9 Å². The summed E-state index contributed by atoms with van der Waals surface area (Å²) in [5, 5.41) is 0.616. The molecule has 0 aliphatic heterocycles. The van der Waals surface area contributed by atoms with Crippen LogP contribution in [0.15, 0.2) is 77.6 Å². The Morgan fingerprint density at radius 1 is 0.815 bits per heavy atom. The van der Waals surface area contributed by atoms with E-state index in [0.29, 0.717) is 16.7 Å². The summed E-state index contributed by atoms with van der Waals surface area (Å²) in [6.45, 7) is 4.20. The third kappa shape index (κ3) is 3.20. The smallest absolute Gasteiger partial charge is 0.266 e. The zero-order valence-electron chi connectivity index (χ0n) is 15.4. The van der Waals surface area contributed by atoms with Crippen LogP contribution in [0.2, 0.25) is 0 Å². The van der Waals surface area contributed by atoms with Crippen molar-refractivity contribution in [3.8, 4) is 5.69 Å². The maximum Gasteiger partial charge on any atom is 0.266 e. The normalized spacial score (nSPS) is 11.3. The molecule has 0 saturated heterocycles. The fourth-order valence-electron chi connectivity index (χ4n) is 3.21. The molecule has 0 radical (unpaired) electrons. The molecule has 4 aromatic rings. The third-order valence-corrected chi connectivity index (χ3v) is 4.87. The standard InChI is InChI=1S/C24H20N2O/c1-17-9-8-10-19(18(17)2)15-16-23-25-22-14-7-6-13-21(22)24(27)26(23)20-11-4-3-5-12-20/h3-16H,1-2H3/b16-15+. The van der Waals surface area contributed by atoms with E-state index < -0.39 is 0 Å². The molecule has 1 heterocycles. The van der Waals surface area contributed by atoms with E-state index in [9.17, 15) is 4.79 Å². The average molecular weight is 352 g/mol. The zero-order chi connectivity index (χ0) is 18.8. The van der Waals surface area contributed by atoms with Crippen molar-refractivity contribution in [2.75, 3.05) is 0 Å². The molecule has 3 nitrogen and oxygen atoms in total. The van der Waals surface area contributed by atoms with Crippen LogP contribution in [0.25, 0.3) is 28.7 Å². The van der Waals surface area contributed by atoms with Gasteiger partial charge in [-0.2, -0.15) is 0 Å². The summed E-state index contributed by atoms with van der Waals surface area (Å²) in [7, 11) is 0. The minimum absolute atomic E-state index is 0.0626. The molecule has 3 heteroatoms. The average Bonchev–Trinajstić information content (AvgIpc) is 2.70. The molecular formula is C24H20N2O. The number of fused-ring (bicyclic) bond motifs is 1. The number of nitrogens with zero attached hydrogens (tertiary/aromatic N) is 2. The lowest BCUT2D eigenvalue weighted by atomic mass is 10.0. The van der Waals surface area contributed by atoms with Crippen molar-refractivity contribution in [3.63, 3.8) is 0 Å². The van der Waals surface area contributed by atoms with Crippen LogP contribution in [0.3, 0.4) is 0 Å². The van der Waals surface area contributed by atoms with E-state index in [0.717, 1.165) is 11.3 Å². The van der Waals surface area contributed by atoms with Gasteiger partial charge in [0.2, 0.25) is 0 Å². The van der Waals surface area contributed by atoms with E-state index in [1.165, 1.54) is 11.1 Å². The highest BCUT2D eigenvalue weighted by molar-refractivity contribution is 5.80. The summed E-state index contributed by atoms with van der Waals surface area (Å²) in [6, 6.07) is 23.3. The van der Waals surface area contributed by atoms with Crippen molar-refractivity contribution in [1.29, 1.82) is 0 Å². The van der Waals surface area contributed by atoms with Gasteiger partial charge < -0.3 is 0 Å².